The lowest BCUT2D eigenvalue weighted by atomic mass is 9.96. The second-order valence-electron chi connectivity index (χ2n) is 6.58. The average Bonchev–Trinajstić information content (AvgIpc) is 3.26. The van der Waals surface area contributed by atoms with Crippen molar-refractivity contribution in [3.8, 4) is 22.8 Å². The van der Waals surface area contributed by atoms with Crippen molar-refractivity contribution in [2.24, 2.45) is 0 Å². The van der Waals surface area contributed by atoms with E-state index in [2.05, 4.69) is 10.2 Å². The molecule has 1 unspecified atom stereocenters. The summed E-state index contributed by atoms with van der Waals surface area (Å²) in [4.78, 5) is 14.8. The van der Waals surface area contributed by atoms with Crippen LogP contribution in [0.2, 0.25) is 0 Å². The highest BCUT2D eigenvalue weighted by molar-refractivity contribution is 6.00. The molecule has 3 aromatic rings. The van der Waals surface area contributed by atoms with Gasteiger partial charge in [-0.15, -0.1) is 0 Å². The van der Waals surface area contributed by atoms with Gasteiger partial charge in [0.05, 0.1) is 25.5 Å². The van der Waals surface area contributed by atoms with Gasteiger partial charge in [-0.2, -0.15) is 5.10 Å². The molecule has 1 amide bonds. The molecule has 2 aromatic carbocycles. The van der Waals surface area contributed by atoms with Crippen molar-refractivity contribution in [2.75, 3.05) is 27.4 Å². The number of nitrogens with one attached hydrogen (secondary N) is 1. The fraction of sp³-hybridized carbons (Fsp3) is 0.238. The van der Waals surface area contributed by atoms with Gasteiger partial charge in [0, 0.05) is 24.8 Å². The highest BCUT2D eigenvalue weighted by Gasteiger charge is 2.41. The Kier molecular flexibility index (Phi) is 4.75. The van der Waals surface area contributed by atoms with Gasteiger partial charge < -0.3 is 19.5 Å². The Hall–Kier alpha value is -3.32. The first-order valence-electron chi connectivity index (χ1n) is 8.95. The Morgan fingerprint density at radius 1 is 1.18 bits per heavy atom. The third kappa shape index (κ3) is 2.99. The van der Waals surface area contributed by atoms with E-state index in [0.29, 0.717) is 24.5 Å². The van der Waals surface area contributed by atoms with Crippen molar-refractivity contribution in [2.45, 2.75) is 6.04 Å². The van der Waals surface area contributed by atoms with Crippen LogP contribution in [0.1, 0.15) is 27.7 Å². The summed E-state index contributed by atoms with van der Waals surface area (Å²) in [5.41, 5.74) is 3.76. The number of aromatic nitrogens is 2. The van der Waals surface area contributed by atoms with E-state index in [0.717, 1.165) is 22.4 Å². The molecule has 0 radical (unpaired) electrons. The van der Waals surface area contributed by atoms with Gasteiger partial charge in [-0.1, -0.05) is 24.3 Å². The van der Waals surface area contributed by atoms with E-state index in [9.17, 15) is 9.90 Å². The van der Waals surface area contributed by atoms with Gasteiger partial charge in [-0.05, 0) is 29.8 Å². The van der Waals surface area contributed by atoms with Crippen LogP contribution < -0.4 is 4.74 Å². The maximum absolute atomic E-state index is 13.0. The molecule has 28 heavy (non-hydrogen) atoms. The number of carbonyl (C=O) groups is 1. The van der Waals surface area contributed by atoms with Crippen LogP contribution in [-0.4, -0.2) is 53.5 Å². The monoisotopic (exact) mass is 379 g/mol. The van der Waals surface area contributed by atoms with Crippen molar-refractivity contribution >= 4 is 5.91 Å². The van der Waals surface area contributed by atoms with Crippen LogP contribution in [-0.2, 0) is 4.74 Å². The molecule has 2 N–H and O–H groups in total. The number of H-pyrrole nitrogens is 1. The molecule has 0 aliphatic carbocycles. The van der Waals surface area contributed by atoms with Crippen LogP contribution in [0.3, 0.4) is 0 Å². The summed E-state index contributed by atoms with van der Waals surface area (Å²) in [6.45, 7) is 0.869. The third-order valence-corrected chi connectivity index (χ3v) is 4.95. The minimum atomic E-state index is -0.321. The minimum absolute atomic E-state index is 0.119. The lowest BCUT2D eigenvalue weighted by molar-refractivity contribution is 0.0677. The topological polar surface area (TPSA) is 87.7 Å². The minimum Gasteiger partial charge on any atom is -0.508 e. The highest BCUT2D eigenvalue weighted by Crippen LogP contribution is 2.43. The average molecular weight is 379 g/mol. The molecule has 0 saturated carbocycles. The van der Waals surface area contributed by atoms with Crippen LogP contribution in [0.25, 0.3) is 11.3 Å². The zero-order valence-electron chi connectivity index (χ0n) is 15.7. The van der Waals surface area contributed by atoms with Gasteiger partial charge in [0.15, 0.2) is 0 Å². The summed E-state index contributed by atoms with van der Waals surface area (Å²) in [6, 6.07) is 14.2. The number of hydrogen-bond acceptors (Lipinski definition) is 5. The van der Waals surface area contributed by atoms with Crippen molar-refractivity contribution < 1.29 is 19.4 Å². The van der Waals surface area contributed by atoms with Crippen LogP contribution in [0.5, 0.6) is 11.5 Å². The quantitative estimate of drug-likeness (QED) is 0.687. The van der Waals surface area contributed by atoms with E-state index in [-0.39, 0.29) is 17.7 Å². The number of ether oxygens (including phenoxy) is 2. The van der Waals surface area contributed by atoms with Gasteiger partial charge in [-0.3, -0.25) is 9.89 Å². The zero-order chi connectivity index (χ0) is 19.7. The summed E-state index contributed by atoms with van der Waals surface area (Å²) >= 11 is 0. The Labute approximate surface area is 162 Å². The van der Waals surface area contributed by atoms with Crippen molar-refractivity contribution in [1.29, 1.82) is 0 Å². The highest BCUT2D eigenvalue weighted by atomic mass is 16.5. The second kappa shape index (κ2) is 7.36. The van der Waals surface area contributed by atoms with E-state index >= 15 is 0 Å². The molecule has 0 spiro atoms. The number of amides is 1. The summed E-state index contributed by atoms with van der Waals surface area (Å²) in [5.74, 6) is 0.778. The number of hydrogen-bond donors (Lipinski definition) is 2. The first-order chi connectivity index (χ1) is 13.6. The fourth-order valence-corrected chi connectivity index (χ4v) is 3.61. The molecule has 0 fully saturated rings. The summed E-state index contributed by atoms with van der Waals surface area (Å²) in [6.07, 6.45) is 0. The Balaban J connectivity index is 1.85. The first kappa shape index (κ1) is 18.1. The molecule has 7 nitrogen and oxygen atoms in total. The molecule has 0 saturated heterocycles. The summed E-state index contributed by atoms with van der Waals surface area (Å²) in [5, 5.41) is 17.0. The van der Waals surface area contributed by atoms with Gasteiger partial charge in [0.1, 0.15) is 17.2 Å². The number of aromatic amines is 1. The Morgan fingerprint density at radius 3 is 2.68 bits per heavy atom. The lowest BCUT2D eigenvalue weighted by Gasteiger charge is -2.26. The lowest BCUT2D eigenvalue weighted by Crippen LogP contribution is -2.32. The molecule has 0 bridgehead atoms. The van der Waals surface area contributed by atoms with Gasteiger partial charge in [0.25, 0.3) is 5.91 Å². The number of fused-ring (bicyclic) bond motifs is 1. The number of phenolic OH excluding ortho intramolecular Hbond substituents is 1. The number of benzene rings is 2. The summed E-state index contributed by atoms with van der Waals surface area (Å²) in [7, 11) is 3.22. The fourth-order valence-electron chi connectivity index (χ4n) is 3.61. The molecule has 1 aromatic heterocycles. The number of phenols is 1. The van der Waals surface area contributed by atoms with Crippen molar-refractivity contribution in [3.05, 3.63) is 65.4 Å². The standard InChI is InChI=1S/C21H21N3O4/c1-27-11-10-24-20(13-6-8-15(25)9-7-13)17-18(22-23-19(17)21(24)26)14-4-3-5-16(12-14)28-2/h3-9,12,20,25H,10-11H2,1-2H3,(H,22,23). The normalized spacial score (nSPS) is 15.7. The molecule has 4 rings (SSSR count). The molecular formula is C21H21N3O4. The molecule has 1 aliphatic rings. The van der Waals surface area contributed by atoms with Crippen LogP contribution >= 0.6 is 0 Å². The molecule has 1 atom stereocenters. The van der Waals surface area contributed by atoms with Crippen molar-refractivity contribution in [1.82, 2.24) is 15.1 Å². The number of rotatable bonds is 6. The van der Waals surface area contributed by atoms with E-state index in [1.807, 2.05) is 36.4 Å². The molecule has 144 valence electrons. The van der Waals surface area contributed by atoms with E-state index in [1.54, 1.807) is 31.3 Å². The SMILES string of the molecule is COCCN1C(=O)c2[nH]nc(-c3cccc(OC)c3)c2C1c1ccc(O)cc1. The predicted molar refractivity (Wildman–Crippen MR) is 103 cm³/mol. The molecule has 2 heterocycles. The largest absolute Gasteiger partial charge is 0.508 e. The number of methoxy groups -OCH3 is 2. The van der Waals surface area contributed by atoms with Crippen LogP contribution in [0, 0.1) is 0 Å². The van der Waals surface area contributed by atoms with E-state index in [4.69, 9.17) is 9.47 Å². The number of nitrogens with zero attached hydrogens (tertiary/aromatic N) is 2. The van der Waals surface area contributed by atoms with E-state index in [1.165, 1.54) is 0 Å². The number of carbonyl (C=O) groups excluding carboxylic acids is 1. The smallest absolute Gasteiger partial charge is 0.273 e. The Morgan fingerprint density at radius 2 is 1.96 bits per heavy atom. The van der Waals surface area contributed by atoms with Crippen LogP contribution in [0.15, 0.2) is 48.5 Å². The molecule has 7 heteroatoms. The summed E-state index contributed by atoms with van der Waals surface area (Å²) < 4.78 is 10.5. The first-order valence-corrected chi connectivity index (χ1v) is 8.95. The van der Waals surface area contributed by atoms with Crippen LogP contribution in [0.4, 0.5) is 0 Å². The predicted octanol–water partition coefficient (Wildman–Crippen LogP) is 2.98. The van der Waals surface area contributed by atoms with Gasteiger partial charge >= 0.3 is 0 Å². The van der Waals surface area contributed by atoms with Crippen molar-refractivity contribution in [3.63, 3.8) is 0 Å². The zero-order valence-corrected chi connectivity index (χ0v) is 15.7. The Bertz CT molecular complexity index is 997. The van der Waals surface area contributed by atoms with E-state index < -0.39 is 0 Å². The maximum atomic E-state index is 13.0. The maximum Gasteiger partial charge on any atom is 0.273 e. The third-order valence-electron chi connectivity index (χ3n) is 4.95. The van der Waals surface area contributed by atoms with Gasteiger partial charge in [0.2, 0.25) is 0 Å². The molecular weight excluding hydrogens is 358 g/mol. The number of aromatic hydroxyl groups is 1. The second-order valence-corrected chi connectivity index (χ2v) is 6.58. The molecule has 1 aliphatic heterocycles. The van der Waals surface area contributed by atoms with Gasteiger partial charge in [-0.25, -0.2) is 0 Å².